The van der Waals surface area contributed by atoms with Gasteiger partial charge in [-0.05, 0) is 30.2 Å². The Balaban J connectivity index is 2.02. The van der Waals surface area contributed by atoms with Gasteiger partial charge in [0.2, 0.25) is 0 Å². The molecule has 1 fully saturated rings. The number of hydrogen-bond donors (Lipinski definition) is 2. The van der Waals surface area contributed by atoms with Crippen molar-refractivity contribution < 1.29 is 9.90 Å². The molecule has 1 aromatic rings. The standard InChI is InChI=1S/C13H18N2O2/c1-9(2)13(14)7-15(8-13)12(17)10-3-5-11(16)6-4-10/h3-6,9,16H,7-8,14H2,1-2H3. The Morgan fingerprint density at radius 3 is 2.35 bits per heavy atom. The molecule has 0 spiro atoms. The van der Waals surface area contributed by atoms with Crippen LogP contribution in [0.3, 0.4) is 0 Å². The van der Waals surface area contributed by atoms with Crippen molar-refractivity contribution >= 4 is 5.91 Å². The minimum absolute atomic E-state index is 0.0216. The SMILES string of the molecule is CC(C)C1(N)CN(C(=O)c2ccc(O)cc2)C1. The Hall–Kier alpha value is -1.55. The van der Waals surface area contributed by atoms with Gasteiger partial charge in [-0.3, -0.25) is 4.79 Å². The highest BCUT2D eigenvalue weighted by atomic mass is 16.3. The minimum atomic E-state index is -0.243. The average Bonchev–Trinajstić information content (AvgIpc) is 2.24. The van der Waals surface area contributed by atoms with Crippen LogP contribution in [0, 0.1) is 5.92 Å². The third kappa shape index (κ3) is 2.13. The summed E-state index contributed by atoms with van der Waals surface area (Å²) in [6, 6.07) is 6.30. The molecule has 92 valence electrons. The summed E-state index contributed by atoms with van der Waals surface area (Å²) in [5.41, 5.74) is 6.49. The Kier molecular flexibility index (Phi) is 2.83. The summed E-state index contributed by atoms with van der Waals surface area (Å²) >= 11 is 0. The van der Waals surface area contributed by atoms with Gasteiger partial charge in [0.15, 0.2) is 0 Å². The van der Waals surface area contributed by atoms with Gasteiger partial charge in [-0.15, -0.1) is 0 Å². The van der Waals surface area contributed by atoms with E-state index in [0.29, 0.717) is 24.6 Å². The summed E-state index contributed by atoms with van der Waals surface area (Å²) in [4.78, 5) is 13.8. The summed E-state index contributed by atoms with van der Waals surface area (Å²) in [5, 5.41) is 9.16. The summed E-state index contributed by atoms with van der Waals surface area (Å²) in [7, 11) is 0. The maximum Gasteiger partial charge on any atom is 0.253 e. The van der Waals surface area contributed by atoms with E-state index in [-0.39, 0.29) is 17.2 Å². The normalized spacial score (nSPS) is 18.0. The van der Waals surface area contributed by atoms with Gasteiger partial charge in [0.05, 0.1) is 5.54 Å². The van der Waals surface area contributed by atoms with E-state index in [0.717, 1.165) is 0 Å². The van der Waals surface area contributed by atoms with E-state index < -0.39 is 0 Å². The molecule has 3 N–H and O–H groups in total. The lowest BCUT2D eigenvalue weighted by molar-refractivity contribution is 0.0275. The average molecular weight is 234 g/mol. The van der Waals surface area contributed by atoms with Crippen molar-refractivity contribution in [2.45, 2.75) is 19.4 Å². The topological polar surface area (TPSA) is 66.6 Å². The zero-order valence-electron chi connectivity index (χ0n) is 10.2. The van der Waals surface area contributed by atoms with Crippen molar-refractivity contribution in [2.24, 2.45) is 11.7 Å². The Morgan fingerprint density at radius 1 is 1.35 bits per heavy atom. The van der Waals surface area contributed by atoms with E-state index in [2.05, 4.69) is 13.8 Å². The number of phenols is 1. The molecular formula is C13H18N2O2. The third-order valence-electron chi connectivity index (χ3n) is 3.52. The van der Waals surface area contributed by atoms with Crippen molar-refractivity contribution in [3.05, 3.63) is 29.8 Å². The second kappa shape index (κ2) is 4.04. The number of rotatable bonds is 2. The van der Waals surface area contributed by atoms with Crippen LogP contribution >= 0.6 is 0 Å². The van der Waals surface area contributed by atoms with Crippen LogP contribution in [0.2, 0.25) is 0 Å². The number of carbonyl (C=O) groups excluding carboxylic acids is 1. The van der Waals surface area contributed by atoms with Gasteiger partial charge in [0.1, 0.15) is 5.75 Å². The van der Waals surface area contributed by atoms with Crippen molar-refractivity contribution in [1.29, 1.82) is 0 Å². The Bertz CT molecular complexity index is 420. The molecule has 0 aromatic heterocycles. The monoisotopic (exact) mass is 234 g/mol. The number of amides is 1. The van der Waals surface area contributed by atoms with E-state index in [1.54, 1.807) is 17.0 Å². The number of likely N-dealkylation sites (tertiary alicyclic amines) is 1. The molecule has 1 amide bonds. The molecule has 0 aliphatic carbocycles. The van der Waals surface area contributed by atoms with Crippen molar-refractivity contribution in [1.82, 2.24) is 4.90 Å². The van der Waals surface area contributed by atoms with Gasteiger partial charge in [-0.25, -0.2) is 0 Å². The van der Waals surface area contributed by atoms with Crippen molar-refractivity contribution in [2.75, 3.05) is 13.1 Å². The predicted molar refractivity (Wildman–Crippen MR) is 65.8 cm³/mol. The number of carbonyl (C=O) groups is 1. The molecule has 2 rings (SSSR count). The second-order valence-corrected chi connectivity index (χ2v) is 5.10. The molecule has 1 aliphatic rings. The quantitative estimate of drug-likeness (QED) is 0.808. The molecule has 4 heteroatoms. The summed E-state index contributed by atoms with van der Waals surface area (Å²) < 4.78 is 0. The molecule has 1 aromatic carbocycles. The Labute approximate surface area is 101 Å². The fourth-order valence-electron chi connectivity index (χ4n) is 1.96. The molecule has 0 unspecified atom stereocenters. The fraction of sp³-hybridized carbons (Fsp3) is 0.462. The van der Waals surface area contributed by atoms with Crippen LogP contribution < -0.4 is 5.73 Å². The van der Waals surface area contributed by atoms with Crippen LogP contribution in [-0.2, 0) is 0 Å². The van der Waals surface area contributed by atoms with Crippen molar-refractivity contribution in [3.63, 3.8) is 0 Å². The smallest absolute Gasteiger partial charge is 0.253 e. The molecule has 0 atom stereocenters. The molecule has 1 saturated heterocycles. The number of nitrogens with two attached hydrogens (primary N) is 1. The molecule has 1 aliphatic heterocycles. The van der Waals surface area contributed by atoms with Gasteiger partial charge >= 0.3 is 0 Å². The first-order valence-corrected chi connectivity index (χ1v) is 5.79. The van der Waals surface area contributed by atoms with Gasteiger partial charge in [-0.1, -0.05) is 13.8 Å². The lowest BCUT2D eigenvalue weighted by Gasteiger charge is -2.50. The predicted octanol–water partition coefficient (Wildman–Crippen LogP) is 1.20. The Morgan fingerprint density at radius 2 is 1.88 bits per heavy atom. The van der Waals surface area contributed by atoms with E-state index in [9.17, 15) is 4.79 Å². The number of aromatic hydroxyl groups is 1. The molecular weight excluding hydrogens is 216 g/mol. The first-order valence-electron chi connectivity index (χ1n) is 5.79. The molecule has 17 heavy (non-hydrogen) atoms. The summed E-state index contributed by atoms with van der Waals surface area (Å²) in [5.74, 6) is 0.513. The van der Waals surface area contributed by atoms with Crippen LogP contribution in [0.5, 0.6) is 5.75 Å². The van der Waals surface area contributed by atoms with Gasteiger partial charge < -0.3 is 15.7 Å². The number of benzene rings is 1. The summed E-state index contributed by atoms with van der Waals surface area (Å²) in [6.45, 7) is 5.35. The van der Waals surface area contributed by atoms with Gasteiger partial charge in [0, 0.05) is 18.7 Å². The largest absolute Gasteiger partial charge is 0.508 e. The highest BCUT2D eigenvalue weighted by Gasteiger charge is 2.44. The number of phenolic OH excluding ortho intramolecular Hbond substituents is 1. The highest BCUT2D eigenvalue weighted by molar-refractivity contribution is 5.95. The molecule has 0 saturated carbocycles. The molecule has 0 bridgehead atoms. The minimum Gasteiger partial charge on any atom is -0.508 e. The third-order valence-corrected chi connectivity index (χ3v) is 3.52. The zero-order chi connectivity index (χ0) is 12.6. The van der Waals surface area contributed by atoms with Gasteiger partial charge in [-0.2, -0.15) is 0 Å². The second-order valence-electron chi connectivity index (χ2n) is 5.10. The van der Waals surface area contributed by atoms with Crippen LogP contribution in [0.4, 0.5) is 0 Å². The maximum atomic E-state index is 12.0. The first-order chi connectivity index (χ1) is 7.92. The van der Waals surface area contributed by atoms with Crippen molar-refractivity contribution in [3.8, 4) is 5.75 Å². The maximum absolute atomic E-state index is 12.0. The lowest BCUT2D eigenvalue weighted by Crippen LogP contribution is -2.71. The molecule has 1 heterocycles. The van der Waals surface area contributed by atoms with Gasteiger partial charge in [0.25, 0.3) is 5.91 Å². The molecule has 4 nitrogen and oxygen atoms in total. The number of nitrogens with zero attached hydrogens (tertiary/aromatic N) is 1. The van der Waals surface area contributed by atoms with E-state index >= 15 is 0 Å². The zero-order valence-corrected chi connectivity index (χ0v) is 10.2. The van der Waals surface area contributed by atoms with E-state index in [4.69, 9.17) is 10.8 Å². The first kappa shape index (κ1) is 11.9. The van der Waals surface area contributed by atoms with Crippen LogP contribution in [0.25, 0.3) is 0 Å². The van der Waals surface area contributed by atoms with Crippen LogP contribution in [0.15, 0.2) is 24.3 Å². The van der Waals surface area contributed by atoms with E-state index in [1.165, 1.54) is 12.1 Å². The van der Waals surface area contributed by atoms with Crippen LogP contribution in [-0.4, -0.2) is 34.5 Å². The summed E-state index contributed by atoms with van der Waals surface area (Å²) in [6.07, 6.45) is 0. The van der Waals surface area contributed by atoms with Crippen LogP contribution in [0.1, 0.15) is 24.2 Å². The fourth-order valence-corrected chi connectivity index (χ4v) is 1.96. The van der Waals surface area contributed by atoms with E-state index in [1.807, 2.05) is 0 Å². The molecule has 0 radical (unpaired) electrons. The number of hydrogen-bond acceptors (Lipinski definition) is 3. The lowest BCUT2D eigenvalue weighted by atomic mass is 9.80. The highest BCUT2D eigenvalue weighted by Crippen LogP contribution is 2.27.